The summed E-state index contributed by atoms with van der Waals surface area (Å²) in [7, 11) is 1.54. The van der Waals surface area contributed by atoms with Gasteiger partial charge in [0, 0.05) is 18.7 Å². The van der Waals surface area contributed by atoms with E-state index in [1.165, 1.54) is 0 Å². The maximum Gasteiger partial charge on any atom is 0.295 e. The van der Waals surface area contributed by atoms with E-state index in [1.807, 2.05) is 31.2 Å². The number of carbonyl (C=O) groups is 2. The van der Waals surface area contributed by atoms with Crippen LogP contribution in [0.5, 0.6) is 5.75 Å². The lowest BCUT2D eigenvalue weighted by molar-refractivity contribution is -0.140. The molecule has 0 aromatic heterocycles. The number of hydrogen-bond donors (Lipinski definition) is 1. The zero-order chi connectivity index (χ0) is 22.5. The first-order chi connectivity index (χ1) is 14.9. The smallest absolute Gasteiger partial charge is 0.295 e. The maximum absolute atomic E-state index is 13.1. The van der Waals surface area contributed by atoms with Gasteiger partial charge in [0.15, 0.2) is 0 Å². The van der Waals surface area contributed by atoms with Gasteiger partial charge in [0.2, 0.25) is 0 Å². The van der Waals surface area contributed by atoms with E-state index in [0.717, 1.165) is 24.2 Å². The van der Waals surface area contributed by atoms with E-state index in [9.17, 15) is 14.7 Å². The van der Waals surface area contributed by atoms with Crippen LogP contribution in [0.3, 0.4) is 0 Å². The Labute approximate surface area is 183 Å². The third-order valence-electron chi connectivity index (χ3n) is 5.92. The minimum absolute atomic E-state index is 0.118. The Bertz CT molecular complexity index is 995. The molecule has 3 rings (SSSR count). The summed E-state index contributed by atoms with van der Waals surface area (Å²) in [4.78, 5) is 30.0. The number of amides is 1. The molecule has 1 heterocycles. The zero-order valence-electron chi connectivity index (χ0n) is 18.6. The van der Waals surface area contributed by atoms with Gasteiger partial charge in [0.25, 0.3) is 11.7 Å². The Balaban J connectivity index is 2.13. The Kier molecular flexibility index (Phi) is 7.13. The molecule has 1 aliphatic rings. The molecule has 0 saturated carbocycles. The van der Waals surface area contributed by atoms with Gasteiger partial charge in [-0.15, -0.1) is 0 Å². The molecule has 1 unspecified atom stereocenters. The second kappa shape index (κ2) is 9.79. The van der Waals surface area contributed by atoms with Crippen molar-refractivity contribution in [2.24, 2.45) is 0 Å². The fraction of sp³-hybridized carbons (Fsp3) is 0.360. The van der Waals surface area contributed by atoms with Gasteiger partial charge in [0.05, 0.1) is 18.7 Å². The van der Waals surface area contributed by atoms with E-state index in [0.29, 0.717) is 24.4 Å². The highest BCUT2D eigenvalue weighted by Gasteiger charge is 2.46. The number of nitrogens with zero attached hydrogens (tertiary/aromatic N) is 2. The van der Waals surface area contributed by atoms with Gasteiger partial charge in [-0.2, -0.15) is 0 Å². The molecule has 1 aliphatic heterocycles. The number of rotatable bonds is 8. The van der Waals surface area contributed by atoms with Crippen molar-refractivity contribution in [2.45, 2.75) is 26.8 Å². The van der Waals surface area contributed by atoms with E-state index >= 15 is 0 Å². The zero-order valence-corrected chi connectivity index (χ0v) is 18.6. The van der Waals surface area contributed by atoms with Crippen molar-refractivity contribution in [3.63, 3.8) is 0 Å². The number of ether oxygens (including phenoxy) is 1. The molecule has 1 fully saturated rings. The SMILES string of the molecule is CCN(CC)CCN1C(=O)C(=O)/C(=C(/O)c2cccc(OC)c2)C1c1ccccc1C. The number of aliphatic hydroxyl groups is 1. The lowest BCUT2D eigenvalue weighted by Crippen LogP contribution is -2.38. The highest BCUT2D eigenvalue weighted by atomic mass is 16.5. The standard InChI is InChI=1S/C25H30N2O4/c1-5-26(6-2)14-15-27-22(20-13-8-7-10-17(20)3)21(24(29)25(27)30)23(28)18-11-9-12-19(16-18)31-4/h7-13,16,22,28H,5-6,14-15H2,1-4H3/b23-21+. The maximum atomic E-state index is 13.1. The first kappa shape index (κ1) is 22.6. The summed E-state index contributed by atoms with van der Waals surface area (Å²) in [5, 5.41) is 11.2. The van der Waals surface area contributed by atoms with Crippen molar-refractivity contribution in [3.05, 3.63) is 70.8 Å². The predicted octanol–water partition coefficient (Wildman–Crippen LogP) is 3.77. The molecule has 0 radical (unpaired) electrons. The number of likely N-dealkylation sites (N-methyl/N-ethyl adjacent to an activating group) is 1. The second-order valence-electron chi connectivity index (χ2n) is 7.61. The monoisotopic (exact) mass is 422 g/mol. The van der Waals surface area contributed by atoms with Gasteiger partial charge in [0.1, 0.15) is 11.5 Å². The molecular weight excluding hydrogens is 392 g/mol. The van der Waals surface area contributed by atoms with Gasteiger partial charge in [-0.05, 0) is 43.3 Å². The molecule has 1 N–H and O–H groups in total. The number of hydrogen-bond acceptors (Lipinski definition) is 5. The molecule has 164 valence electrons. The summed E-state index contributed by atoms with van der Waals surface area (Å²) in [6.07, 6.45) is 0. The van der Waals surface area contributed by atoms with Gasteiger partial charge in [-0.1, -0.05) is 50.2 Å². The predicted molar refractivity (Wildman–Crippen MR) is 121 cm³/mol. The molecule has 31 heavy (non-hydrogen) atoms. The molecule has 6 nitrogen and oxygen atoms in total. The summed E-state index contributed by atoms with van der Waals surface area (Å²) in [5.74, 6) is -0.860. The molecule has 1 atom stereocenters. The lowest BCUT2D eigenvalue weighted by atomic mass is 9.92. The number of ketones is 1. The first-order valence-corrected chi connectivity index (χ1v) is 10.6. The van der Waals surface area contributed by atoms with E-state index in [2.05, 4.69) is 18.7 Å². The van der Waals surface area contributed by atoms with Gasteiger partial charge in [-0.25, -0.2) is 0 Å². The van der Waals surface area contributed by atoms with Crippen molar-refractivity contribution in [1.29, 1.82) is 0 Å². The molecule has 6 heteroatoms. The number of aliphatic hydroxyl groups excluding tert-OH is 1. The Morgan fingerprint density at radius 1 is 1.10 bits per heavy atom. The van der Waals surface area contributed by atoms with Crippen LogP contribution in [0.15, 0.2) is 54.1 Å². The van der Waals surface area contributed by atoms with Crippen LogP contribution in [0, 0.1) is 6.92 Å². The minimum atomic E-state index is -0.659. The van der Waals surface area contributed by atoms with Crippen LogP contribution in [-0.4, -0.2) is 59.9 Å². The second-order valence-corrected chi connectivity index (χ2v) is 7.61. The van der Waals surface area contributed by atoms with E-state index in [4.69, 9.17) is 4.74 Å². The highest BCUT2D eigenvalue weighted by Crippen LogP contribution is 2.40. The van der Waals surface area contributed by atoms with Gasteiger partial charge < -0.3 is 19.6 Å². The van der Waals surface area contributed by atoms with Crippen molar-refractivity contribution in [2.75, 3.05) is 33.3 Å². The number of Topliss-reactive ketones (excluding diaryl/α,β-unsaturated/α-hetero) is 1. The number of likely N-dealkylation sites (tertiary alicyclic amines) is 1. The Hall–Kier alpha value is -3.12. The van der Waals surface area contributed by atoms with Crippen LogP contribution in [0.1, 0.15) is 36.6 Å². The van der Waals surface area contributed by atoms with Crippen LogP contribution in [0.25, 0.3) is 5.76 Å². The Morgan fingerprint density at radius 2 is 1.81 bits per heavy atom. The van der Waals surface area contributed by atoms with Crippen molar-refractivity contribution >= 4 is 17.4 Å². The van der Waals surface area contributed by atoms with Crippen LogP contribution < -0.4 is 4.74 Å². The fourth-order valence-corrected chi connectivity index (χ4v) is 4.04. The quantitative estimate of drug-likeness (QED) is 0.398. The highest BCUT2D eigenvalue weighted by molar-refractivity contribution is 6.46. The lowest BCUT2D eigenvalue weighted by Gasteiger charge is -2.29. The average molecular weight is 423 g/mol. The molecular formula is C25H30N2O4. The fourth-order valence-electron chi connectivity index (χ4n) is 4.04. The van der Waals surface area contributed by atoms with Crippen LogP contribution in [0.2, 0.25) is 0 Å². The number of carbonyl (C=O) groups excluding carboxylic acids is 2. The molecule has 0 spiro atoms. The third kappa shape index (κ3) is 4.49. The van der Waals surface area contributed by atoms with Crippen molar-refractivity contribution in [1.82, 2.24) is 9.80 Å². The van der Waals surface area contributed by atoms with E-state index in [1.54, 1.807) is 36.3 Å². The van der Waals surface area contributed by atoms with Gasteiger partial charge >= 0.3 is 0 Å². The summed E-state index contributed by atoms with van der Waals surface area (Å²) >= 11 is 0. The number of methoxy groups -OCH3 is 1. The number of benzene rings is 2. The molecule has 2 aromatic carbocycles. The average Bonchev–Trinajstić information content (AvgIpc) is 3.04. The third-order valence-corrected chi connectivity index (χ3v) is 5.92. The topological polar surface area (TPSA) is 70.1 Å². The van der Waals surface area contributed by atoms with E-state index in [-0.39, 0.29) is 11.3 Å². The van der Waals surface area contributed by atoms with Crippen molar-refractivity contribution < 1.29 is 19.4 Å². The number of aryl methyl sites for hydroxylation is 1. The van der Waals surface area contributed by atoms with Crippen molar-refractivity contribution in [3.8, 4) is 5.75 Å². The molecule has 1 saturated heterocycles. The Morgan fingerprint density at radius 3 is 2.45 bits per heavy atom. The first-order valence-electron chi connectivity index (χ1n) is 10.6. The summed E-state index contributed by atoms with van der Waals surface area (Å²) in [6, 6.07) is 13.9. The van der Waals surface area contributed by atoms with E-state index < -0.39 is 17.7 Å². The molecule has 0 bridgehead atoms. The largest absolute Gasteiger partial charge is 0.507 e. The summed E-state index contributed by atoms with van der Waals surface area (Å²) in [6.45, 7) is 8.87. The molecule has 1 amide bonds. The van der Waals surface area contributed by atoms with Crippen LogP contribution in [0.4, 0.5) is 0 Å². The molecule has 0 aliphatic carbocycles. The van der Waals surface area contributed by atoms with Crippen LogP contribution >= 0.6 is 0 Å². The summed E-state index contributed by atoms with van der Waals surface area (Å²) < 4.78 is 5.26. The summed E-state index contributed by atoms with van der Waals surface area (Å²) in [5.41, 5.74) is 2.36. The van der Waals surface area contributed by atoms with Crippen LogP contribution in [-0.2, 0) is 9.59 Å². The normalized spacial score (nSPS) is 18.1. The minimum Gasteiger partial charge on any atom is -0.507 e. The van der Waals surface area contributed by atoms with Gasteiger partial charge in [-0.3, -0.25) is 9.59 Å². The molecule has 2 aromatic rings.